The number of hydrogen-bond donors (Lipinski definition) is 3. The quantitative estimate of drug-likeness (QED) is 0.408. The van der Waals surface area contributed by atoms with Crippen LogP contribution in [0.3, 0.4) is 0 Å². The standard InChI is InChI=1S/C28H34N2O6/c1-18-16-22(8-13-25(18)35-17-19-2-3-19)27(32)30-15-14-29-26(31)20-4-9-23(10-5-20)36-24-11-6-21(7-12-24)28(33)34/h4-5,8-10,13,16,19,21,24H,2-3,6-7,11-12,14-15,17H2,1H3,(H,29,31)(H,30,32)(H,33,34). The highest BCUT2D eigenvalue weighted by molar-refractivity contribution is 5.95. The Balaban J connectivity index is 1.16. The van der Waals surface area contributed by atoms with Gasteiger partial charge in [-0.05, 0) is 99.4 Å². The molecule has 2 amide bonds. The van der Waals surface area contributed by atoms with E-state index in [0.29, 0.717) is 61.6 Å². The minimum absolute atomic E-state index is 0.000793. The van der Waals surface area contributed by atoms with Crippen LogP contribution in [-0.2, 0) is 4.79 Å². The molecule has 0 heterocycles. The van der Waals surface area contributed by atoms with E-state index >= 15 is 0 Å². The fourth-order valence-corrected chi connectivity index (χ4v) is 4.31. The van der Waals surface area contributed by atoms with Crippen molar-refractivity contribution in [3.63, 3.8) is 0 Å². The van der Waals surface area contributed by atoms with Gasteiger partial charge in [0.2, 0.25) is 0 Å². The van der Waals surface area contributed by atoms with Crippen molar-refractivity contribution in [1.29, 1.82) is 0 Å². The summed E-state index contributed by atoms with van der Waals surface area (Å²) in [5.41, 5.74) is 1.99. The number of carboxylic acid groups (broad SMARTS) is 1. The Kier molecular flexibility index (Phi) is 8.46. The predicted molar refractivity (Wildman–Crippen MR) is 135 cm³/mol. The highest BCUT2D eigenvalue weighted by Crippen LogP contribution is 2.30. The number of amides is 2. The van der Waals surface area contributed by atoms with Gasteiger partial charge in [-0.1, -0.05) is 0 Å². The second-order valence-electron chi connectivity index (χ2n) is 9.70. The van der Waals surface area contributed by atoms with Crippen LogP contribution in [0.25, 0.3) is 0 Å². The first-order valence-corrected chi connectivity index (χ1v) is 12.7. The average Bonchev–Trinajstić information content (AvgIpc) is 3.71. The van der Waals surface area contributed by atoms with Crippen molar-refractivity contribution in [1.82, 2.24) is 10.6 Å². The molecule has 0 spiro atoms. The fourth-order valence-electron chi connectivity index (χ4n) is 4.31. The van der Waals surface area contributed by atoms with Gasteiger partial charge < -0.3 is 25.2 Å². The minimum Gasteiger partial charge on any atom is -0.493 e. The van der Waals surface area contributed by atoms with E-state index in [2.05, 4.69) is 10.6 Å². The monoisotopic (exact) mass is 494 g/mol. The number of hydrogen-bond acceptors (Lipinski definition) is 5. The number of carboxylic acids is 1. The third kappa shape index (κ3) is 7.23. The molecule has 0 saturated heterocycles. The molecule has 2 saturated carbocycles. The molecule has 2 aliphatic carbocycles. The SMILES string of the molecule is Cc1cc(C(=O)NCCNC(=O)c2ccc(OC3CCC(C(=O)O)CC3)cc2)ccc1OCC1CC1. The molecule has 192 valence electrons. The summed E-state index contributed by atoms with van der Waals surface area (Å²) in [6.45, 7) is 3.28. The molecule has 4 rings (SSSR count). The Morgan fingerprint density at radius 1 is 0.861 bits per heavy atom. The summed E-state index contributed by atoms with van der Waals surface area (Å²) in [6.07, 6.45) is 5.13. The van der Waals surface area contributed by atoms with Crippen LogP contribution in [0.5, 0.6) is 11.5 Å². The Morgan fingerprint density at radius 2 is 1.47 bits per heavy atom. The smallest absolute Gasteiger partial charge is 0.306 e. The van der Waals surface area contributed by atoms with E-state index in [1.54, 1.807) is 30.3 Å². The Bertz CT molecular complexity index is 1070. The van der Waals surface area contributed by atoms with Crippen LogP contribution in [0.2, 0.25) is 0 Å². The van der Waals surface area contributed by atoms with Gasteiger partial charge >= 0.3 is 5.97 Å². The van der Waals surface area contributed by atoms with Gasteiger partial charge in [0.25, 0.3) is 11.8 Å². The third-order valence-corrected chi connectivity index (χ3v) is 6.75. The molecule has 0 unspecified atom stereocenters. The Hall–Kier alpha value is -3.55. The van der Waals surface area contributed by atoms with E-state index in [4.69, 9.17) is 14.6 Å². The van der Waals surface area contributed by atoms with Gasteiger partial charge in [0, 0.05) is 24.2 Å². The third-order valence-electron chi connectivity index (χ3n) is 6.75. The van der Waals surface area contributed by atoms with E-state index in [0.717, 1.165) is 17.9 Å². The second-order valence-corrected chi connectivity index (χ2v) is 9.70. The zero-order valence-electron chi connectivity index (χ0n) is 20.6. The van der Waals surface area contributed by atoms with Gasteiger partial charge in [-0.2, -0.15) is 0 Å². The molecule has 2 aromatic carbocycles. The van der Waals surface area contributed by atoms with Crippen LogP contribution in [0, 0.1) is 18.8 Å². The van der Waals surface area contributed by atoms with Crippen LogP contribution in [-0.4, -0.2) is 48.7 Å². The lowest BCUT2D eigenvalue weighted by molar-refractivity contribution is -0.143. The van der Waals surface area contributed by atoms with Crippen molar-refractivity contribution in [2.45, 2.75) is 51.6 Å². The number of aryl methyl sites for hydroxylation is 1. The maximum atomic E-state index is 12.4. The van der Waals surface area contributed by atoms with Crippen molar-refractivity contribution in [2.24, 2.45) is 11.8 Å². The number of carbonyl (C=O) groups is 3. The van der Waals surface area contributed by atoms with E-state index in [1.165, 1.54) is 12.8 Å². The largest absolute Gasteiger partial charge is 0.493 e. The normalized spacial score (nSPS) is 19.2. The van der Waals surface area contributed by atoms with Crippen molar-refractivity contribution in [3.05, 3.63) is 59.2 Å². The van der Waals surface area contributed by atoms with Crippen molar-refractivity contribution in [3.8, 4) is 11.5 Å². The molecule has 0 radical (unpaired) electrons. The second kappa shape index (κ2) is 11.9. The molecule has 3 N–H and O–H groups in total. The molecular formula is C28H34N2O6. The van der Waals surface area contributed by atoms with Gasteiger partial charge in [0.15, 0.2) is 0 Å². The first kappa shape index (κ1) is 25.5. The summed E-state index contributed by atoms with van der Waals surface area (Å²) >= 11 is 0. The summed E-state index contributed by atoms with van der Waals surface area (Å²) in [4.78, 5) is 35.9. The molecular weight excluding hydrogens is 460 g/mol. The van der Waals surface area contributed by atoms with Crippen LogP contribution in [0.4, 0.5) is 0 Å². The minimum atomic E-state index is -0.735. The molecule has 8 nitrogen and oxygen atoms in total. The van der Waals surface area contributed by atoms with Crippen molar-refractivity contribution in [2.75, 3.05) is 19.7 Å². The zero-order valence-corrected chi connectivity index (χ0v) is 20.6. The molecule has 8 heteroatoms. The fraction of sp³-hybridized carbons (Fsp3) is 0.464. The zero-order chi connectivity index (χ0) is 25.5. The lowest BCUT2D eigenvalue weighted by atomic mass is 9.87. The van der Waals surface area contributed by atoms with Gasteiger partial charge in [0.1, 0.15) is 11.5 Å². The van der Waals surface area contributed by atoms with Crippen LogP contribution in [0.1, 0.15) is 64.8 Å². The maximum Gasteiger partial charge on any atom is 0.306 e. The number of nitrogens with one attached hydrogen (secondary N) is 2. The van der Waals surface area contributed by atoms with Gasteiger partial charge in [0.05, 0.1) is 18.6 Å². The molecule has 2 fully saturated rings. The van der Waals surface area contributed by atoms with Crippen molar-refractivity contribution < 1.29 is 29.0 Å². The van der Waals surface area contributed by atoms with Crippen molar-refractivity contribution >= 4 is 17.8 Å². The number of benzene rings is 2. The Morgan fingerprint density at radius 3 is 2.06 bits per heavy atom. The molecule has 2 aromatic rings. The average molecular weight is 495 g/mol. The van der Waals surface area contributed by atoms with Gasteiger partial charge in [-0.3, -0.25) is 14.4 Å². The molecule has 0 aliphatic heterocycles. The highest BCUT2D eigenvalue weighted by atomic mass is 16.5. The van der Waals surface area contributed by atoms with Crippen LogP contribution >= 0.6 is 0 Å². The highest BCUT2D eigenvalue weighted by Gasteiger charge is 2.27. The number of aliphatic carboxylic acids is 1. The first-order chi connectivity index (χ1) is 17.4. The predicted octanol–water partition coefficient (Wildman–Crippen LogP) is 3.97. The molecule has 2 aliphatic rings. The van der Waals surface area contributed by atoms with E-state index < -0.39 is 5.97 Å². The number of rotatable bonds is 11. The Labute approximate surface area is 211 Å². The van der Waals surface area contributed by atoms with E-state index in [-0.39, 0.29) is 23.8 Å². The van der Waals surface area contributed by atoms with Crippen LogP contribution in [0.15, 0.2) is 42.5 Å². The summed E-state index contributed by atoms with van der Waals surface area (Å²) < 4.78 is 11.8. The number of carbonyl (C=O) groups excluding carboxylic acids is 2. The first-order valence-electron chi connectivity index (χ1n) is 12.7. The summed E-state index contributed by atoms with van der Waals surface area (Å²) in [7, 11) is 0. The molecule has 0 bridgehead atoms. The van der Waals surface area contributed by atoms with Crippen LogP contribution < -0.4 is 20.1 Å². The molecule has 0 aromatic heterocycles. The van der Waals surface area contributed by atoms with Gasteiger partial charge in [-0.25, -0.2) is 0 Å². The van der Waals surface area contributed by atoms with E-state index in [9.17, 15) is 14.4 Å². The maximum absolute atomic E-state index is 12.4. The van der Waals surface area contributed by atoms with Gasteiger partial charge in [-0.15, -0.1) is 0 Å². The topological polar surface area (TPSA) is 114 Å². The lowest BCUT2D eigenvalue weighted by Gasteiger charge is -2.26. The molecule has 0 atom stereocenters. The number of ether oxygens (including phenoxy) is 2. The summed E-state index contributed by atoms with van der Waals surface area (Å²) in [5, 5.41) is 14.7. The molecule has 36 heavy (non-hydrogen) atoms. The summed E-state index contributed by atoms with van der Waals surface area (Å²) in [6, 6.07) is 12.3. The lowest BCUT2D eigenvalue weighted by Crippen LogP contribution is -2.34. The van der Waals surface area contributed by atoms with E-state index in [1.807, 2.05) is 19.1 Å². The summed E-state index contributed by atoms with van der Waals surface area (Å²) in [5.74, 6) is 0.712.